The van der Waals surface area contributed by atoms with Crippen LogP contribution in [0.2, 0.25) is 0 Å². The van der Waals surface area contributed by atoms with Crippen LogP contribution in [0.5, 0.6) is 0 Å². The summed E-state index contributed by atoms with van der Waals surface area (Å²) in [4.78, 5) is 13.8. The maximum atomic E-state index is 13.5. The van der Waals surface area contributed by atoms with Gasteiger partial charge in [0.2, 0.25) is 5.91 Å². The van der Waals surface area contributed by atoms with Crippen LogP contribution in [0.1, 0.15) is 24.4 Å². The van der Waals surface area contributed by atoms with E-state index in [0.29, 0.717) is 31.6 Å². The lowest BCUT2D eigenvalue weighted by Gasteiger charge is -2.40. The Bertz CT molecular complexity index is 498. The maximum absolute atomic E-state index is 13.5. The van der Waals surface area contributed by atoms with Crippen LogP contribution in [0.4, 0.5) is 4.39 Å². The fraction of sp³-hybridized carbons (Fsp3) is 0.500. The summed E-state index contributed by atoms with van der Waals surface area (Å²) in [6, 6.07) is 3.93. The van der Waals surface area contributed by atoms with E-state index in [1.165, 1.54) is 12.1 Å². The molecule has 1 amide bonds. The molecule has 20 heavy (non-hydrogen) atoms. The predicted molar refractivity (Wildman–Crippen MR) is 77.6 cm³/mol. The number of nitrogens with two attached hydrogens (primary N) is 1. The van der Waals surface area contributed by atoms with Crippen molar-refractivity contribution in [1.82, 2.24) is 4.90 Å². The van der Waals surface area contributed by atoms with Gasteiger partial charge >= 0.3 is 0 Å². The molecule has 1 heterocycles. The van der Waals surface area contributed by atoms with Crippen molar-refractivity contribution in [1.29, 1.82) is 0 Å². The van der Waals surface area contributed by atoms with Crippen LogP contribution in [0.15, 0.2) is 22.7 Å². The zero-order valence-electron chi connectivity index (χ0n) is 11.3. The van der Waals surface area contributed by atoms with Crippen LogP contribution in [0.3, 0.4) is 0 Å². The smallest absolute Gasteiger partial charge is 0.223 e. The summed E-state index contributed by atoms with van der Waals surface area (Å²) in [6.45, 7) is 0.887. The van der Waals surface area contributed by atoms with Gasteiger partial charge in [0, 0.05) is 30.6 Å². The summed E-state index contributed by atoms with van der Waals surface area (Å²) in [5, 5.41) is 0. The number of hydrogen-bond donors (Lipinski definition) is 1. The van der Waals surface area contributed by atoms with Gasteiger partial charge in [-0.2, -0.15) is 0 Å². The molecule has 2 unspecified atom stereocenters. The maximum Gasteiger partial charge on any atom is 0.223 e. The summed E-state index contributed by atoms with van der Waals surface area (Å²) >= 11 is 3.42. The molecule has 0 saturated carbocycles. The normalized spacial score (nSPS) is 23.2. The molecule has 0 aliphatic carbocycles. The fourth-order valence-electron chi connectivity index (χ4n) is 2.57. The first-order chi connectivity index (χ1) is 9.54. The zero-order valence-corrected chi connectivity index (χ0v) is 12.9. The number of likely N-dealkylation sites (tertiary alicyclic amines) is 1. The summed E-state index contributed by atoms with van der Waals surface area (Å²) in [7, 11) is 1.58. The highest BCUT2D eigenvalue weighted by Crippen LogP contribution is 2.35. The van der Waals surface area contributed by atoms with Gasteiger partial charge in [-0.05, 0) is 30.2 Å². The molecule has 1 saturated heterocycles. The van der Waals surface area contributed by atoms with Crippen molar-refractivity contribution < 1.29 is 13.9 Å². The molecule has 2 N–H and O–H groups in total. The SMILES string of the molecule is COCCN1C(=O)CCC(N)C1c1cc(F)ccc1Br. The molecule has 6 heteroatoms. The Morgan fingerprint density at radius 2 is 2.30 bits per heavy atom. The largest absolute Gasteiger partial charge is 0.383 e. The highest BCUT2D eigenvalue weighted by Gasteiger charge is 2.35. The number of carbonyl (C=O) groups is 1. The van der Waals surface area contributed by atoms with Crippen LogP contribution in [-0.2, 0) is 9.53 Å². The molecule has 0 bridgehead atoms. The first-order valence-corrected chi connectivity index (χ1v) is 7.33. The quantitative estimate of drug-likeness (QED) is 0.911. The second kappa shape index (κ2) is 6.65. The Hall–Kier alpha value is -0.980. The molecule has 2 atom stereocenters. The van der Waals surface area contributed by atoms with E-state index < -0.39 is 0 Å². The standard InChI is InChI=1S/C14H18BrFN2O2/c1-20-7-6-18-13(19)5-4-12(17)14(18)10-8-9(16)2-3-11(10)15/h2-3,8,12,14H,4-7,17H2,1H3. The lowest BCUT2D eigenvalue weighted by molar-refractivity contribution is -0.138. The van der Waals surface area contributed by atoms with Crippen molar-refractivity contribution in [2.75, 3.05) is 20.3 Å². The molecule has 110 valence electrons. The Morgan fingerprint density at radius 1 is 1.55 bits per heavy atom. The molecule has 1 aliphatic heterocycles. The van der Waals surface area contributed by atoms with Gasteiger partial charge < -0.3 is 15.4 Å². The van der Waals surface area contributed by atoms with E-state index in [9.17, 15) is 9.18 Å². The van der Waals surface area contributed by atoms with Gasteiger partial charge in [0.1, 0.15) is 5.82 Å². The average Bonchev–Trinajstić information content (AvgIpc) is 2.42. The van der Waals surface area contributed by atoms with E-state index in [-0.39, 0.29) is 23.8 Å². The number of piperidine rings is 1. The molecule has 0 aromatic heterocycles. The van der Waals surface area contributed by atoms with Crippen molar-refractivity contribution in [3.05, 3.63) is 34.1 Å². The predicted octanol–water partition coefficient (Wildman–Crippen LogP) is 2.23. The molecule has 1 fully saturated rings. The van der Waals surface area contributed by atoms with E-state index >= 15 is 0 Å². The molecule has 0 radical (unpaired) electrons. The molecule has 1 aromatic rings. The van der Waals surface area contributed by atoms with E-state index in [4.69, 9.17) is 10.5 Å². The molecule has 2 rings (SSSR count). The average molecular weight is 345 g/mol. The number of hydrogen-bond acceptors (Lipinski definition) is 3. The monoisotopic (exact) mass is 344 g/mol. The van der Waals surface area contributed by atoms with Gasteiger partial charge in [-0.3, -0.25) is 4.79 Å². The van der Waals surface area contributed by atoms with E-state index in [2.05, 4.69) is 15.9 Å². The molecule has 1 aliphatic rings. The van der Waals surface area contributed by atoms with Crippen molar-refractivity contribution in [2.45, 2.75) is 24.9 Å². The van der Waals surface area contributed by atoms with Gasteiger partial charge in [-0.1, -0.05) is 15.9 Å². The van der Waals surface area contributed by atoms with Gasteiger partial charge in [-0.15, -0.1) is 0 Å². The summed E-state index contributed by atoms with van der Waals surface area (Å²) in [5.74, 6) is -0.301. The van der Waals surface area contributed by atoms with Crippen LogP contribution in [0, 0.1) is 5.82 Å². The topological polar surface area (TPSA) is 55.6 Å². The first-order valence-electron chi connectivity index (χ1n) is 6.53. The van der Waals surface area contributed by atoms with Crippen LogP contribution < -0.4 is 5.73 Å². The highest BCUT2D eigenvalue weighted by molar-refractivity contribution is 9.10. The van der Waals surface area contributed by atoms with Crippen LogP contribution >= 0.6 is 15.9 Å². The van der Waals surface area contributed by atoms with E-state index in [0.717, 1.165) is 4.47 Å². The first kappa shape index (κ1) is 15.4. The third-order valence-electron chi connectivity index (χ3n) is 3.57. The van der Waals surface area contributed by atoms with Crippen LogP contribution in [-0.4, -0.2) is 37.1 Å². The lowest BCUT2D eigenvalue weighted by Crippen LogP contribution is -2.50. The van der Waals surface area contributed by atoms with Gasteiger partial charge in [0.05, 0.1) is 12.6 Å². The number of ether oxygens (including phenoxy) is 1. The van der Waals surface area contributed by atoms with Crippen molar-refractivity contribution >= 4 is 21.8 Å². The lowest BCUT2D eigenvalue weighted by atomic mass is 9.90. The van der Waals surface area contributed by atoms with Gasteiger partial charge in [0.25, 0.3) is 0 Å². The summed E-state index contributed by atoms with van der Waals surface area (Å²) in [5.41, 5.74) is 6.89. The fourth-order valence-corrected chi connectivity index (χ4v) is 3.05. The number of amides is 1. The Kier molecular flexibility index (Phi) is 5.12. The number of nitrogens with zero attached hydrogens (tertiary/aromatic N) is 1. The number of halogens is 2. The highest BCUT2D eigenvalue weighted by atomic mass is 79.9. The third-order valence-corrected chi connectivity index (χ3v) is 4.29. The van der Waals surface area contributed by atoms with Crippen LogP contribution in [0.25, 0.3) is 0 Å². The molecule has 4 nitrogen and oxygen atoms in total. The van der Waals surface area contributed by atoms with E-state index in [1.54, 1.807) is 18.1 Å². The second-order valence-electron chi connectivity index (χ2n) is 4.89. The Morgan fingerprint density at radius 3 is 3.00 bits per heavy atom. The molecule has 1 aromatic carbocycles. The number of rotatable bonds is 4. The minimum Gasteiger partial charge on any atom is -0.383 e. The van der Waals surface area contributed by atoms with Gasteiger partial charge in [-0.25, -0.2) is 4.39 Å². The summed E-state index contributed by atoms with van der Waals surface area (Å²) < 4.78 is 19.3. The number of benzene rings is 1. The van der Waals surface area contributed by atoms with Crippen molar-refractivity contribution in [2.24, 2.45) is 5.73 Å². The second-order valence-corrected chi connectivity index (χ2v) is 5.75. The van der Waals surface area contributed by atoms with Gasteiger partial charge in [0.15, 0.2) is 0 Å². The van der Waals surface area contributed by atoms with Crippen molar-refractivity contribution in [3.63, 3.8) is 0 Å². The number of carbonyl (C=O) groups excluding carboxylic acids is 1. The van der Waals surface area contributed by atoms with E-state index in [1.807, 2.05) is 0 Å². The Labute approximate surface area is 126 Å². The minimum atomic E-state index is -0.333. The Balaban J connectivity index is 2.36. The molecule has 0 spiro atoms. The van der Waals surface area contributed by atoms with Crippen molar-refractivity contribution in [3.8, 4) is 0 Å². The minimum absolute atomic E-state index is 0.0323. The summed E-state index contributed by atoms with van der Waals surface area (Å²) in [6.07, 6.45) is 1.03. The molecular formula is C14H18BrFN2O2. The molecular weight excluding hydrogens is 327 g/mol. The number of methoxy groups -OCH3 is 1. The third kappa shape index (κ3) is 3.19. The zero-order chi connectivity index (χ0) is 14.7.